The lowest BCUT2D eigenvalue weighted by molar-refractivity contribution is -0.116. The summed E-state index contributed by atoms with van der Waals surface area (Å²) in [4.78, 5) is 11.8. The lowest BCUT2D eigenvalue weighted by Gasteiger charge is -2.05. The summed E-state index contributed by atoms with van der Waals surface area (Å²) in [5.41, 5.74) is 7.07. The molecule has 0 saturated heterocycles. The maximum absolute atomic E-state index is 11.8. The van der Waals surface area contributed by atoms with Gasteiger partial charge in [0.25, 0.3) is 0 Å². The average molecular weight is 324 g/mol. The largest absolute Gasteiger partial charge is 0.324 e. The highest BCUT2D eigenvalue weighted by Gasteiger charge is 2.08. The Morgan fingerprint density at radius 3 is 3.00 bits per heavy atom. The van der Waals surface area contributed by atoms with E-state index < -0.39 is 0 Å². The van der Waals surface area contributed by atoms with Gasteiger partial charge in [-0.3, -0.25) is 4.79 Å². The fraction of sp³-hybridized carbons (Fsp3) is 0.250. The summed E-state index contributed by atoms with van der Waals surface area (Å²) in [6, 6.07) is 7.19. The highest BCUT2D eigenvalue weighted by molar-refractivity contribution is 9.10. The number of halogens is 1. The van der Waals surface area contributed by atoms with Gasteiger partial charge < -0.3 is 11.1 Å². The number of nitrogens with one attached hydrogen (secondary N) is 1. The van der Waals surface area contributed by atoms with Crippen molar-refractivity contribution in [1.29, 1.82) is 0 Å². The van der Waals surface area contributed by atoms with Gasteiger partial charge in [0.1, 0.15) is 6.54 Å². The van der Waals surface area contributed by atoms with Crippen LogP contribution < -0.4 is 11.1 Å². The molecular weight excluding hydrogens is 310 g/mol. The van der Waals surface area contributed by atoms with Crippen molar-refractivity contribution in [3.8, 4) is 0 Å². The van der Waals surface area contributed by atoms with Crippen LogP contribution in [0.5, 0.6) is 0 Å². The van der Waals surface area contributed by atoms with Crippen LogP contribution in [-0.2, 0) is 11.3 Å². The van der Waals surface area contributed by atoms with Crippen LogP contribution in [-0.4, -0.2) is 20.9 Å². The monoisotopic (exact) mass is 323 g/mol. The van der Waals surface area contributed by atoms with Crippen molar-refractivity contribution in [1.82, 2.24) is 15.0 Å². The zero-order chi connectivity index (χ0) is 13.8. The topological polar surface area (TPSA) is 85.8 Å². The number of anilines is 1. The van der Waals surface area contributed by atoms with E-state index in [0.717, 1.165) is 10.2 Å². The standard InChI is InChI=1S/C12H14BrN5O/c1-8(14)11-6-18(17-16-11)7-12(19)15-10-4-2-3-9(13)5-10/h2-6,8H,7,14H2,1H3,(H,15,19). The zero-order valence-corrected chi connectivity index (χ0v) is 12.0. The highest BCUT2D eigenvalue weighted by Crippen LogP contribution is 2.15. The minimum Gasteiger partial charge on any atom is -0.324 e. The Balaban J connectivity index is 1.97. The number of nitrogens with two attached hydrogens (primary N) is 1. The summed E-state index contributed by atoms with van der Waals surface area (Å²) >= 11 is 3.35. The Hall–Kier alpha value is -1.73. The van der Waals surface area contributed by atoms with Crippen LogP contribution in [0.1, 0.15) is 18.7 Å². The fourth-order valence-corrected chi connectivity index (χ4v) is 1.91. The van der Waals surface area contributed by atoms with Crippen LogP contribution in [0.25, 0.3) is 0 Å². The first-order chi connectivity index (χ1) is 9.04. The van der Waals surface area contributed by atoms with Gasteiger partial charge in [0.2, 0.25) is 5.91 Å². The lowest BCUT2D eigenvalue weighted by Crippen LogP contribution is -2.19. The Labute approximate surface area is 119 Å². The molecule has 100 valence electrons. The summed E-state index contributed by atoms with van der Waals surface area (Å²) < 4.78 is 2.37. The predicted octanol–water partition coefficient (Wildman–Crippen LogP) is 1.70. The molecule has 2 aromatic rings. The summed E-state index contributed by atoms with van der Waals surface area (Å²) in [7, 11) is 0. The Morgan fingerprint density at radius 1 is 1.58 bits per heavy atom. The number of nitrogens with zero attached hydrogens (tertiary/aromatic N) is 3. The highest BCUT2D eigenvalue weighted by atomic mass is 79.9. The molecule has 0 aliphatic rings. The van der Waals surface area contributed by atoms with Crippen LogP contribution in [0.4, 0.5) is 5.69 Å². The first kappa shape index (κ1) is 13.7. The number of aromatic nitrogens is 3. The third kappa shape index (κ3) is 3.87. The van der Waals surface area contributed by atoms with Crippen molar-refractivity contribution in [3.63, 3.8) is 0 Å². The molecule has 0 bridgehead atoms. The average Bonchev–Trinajstić information content (AvgIpc) is 2.77. The number of hydrogen-bond acceptors (Lipinski definition) is 4. The molecule has 7 heteroatoms. The maximum Gasteiger partial charge on any atom is 0.246 e. The molecule has 1 heterocycles. The zero-order valence-electron chi connectivity index (χ0n) is 10.4. The van der Waals surface area contributed by atoms with Crippen LogP contribution in [0, 0.1) is 0 Å². The second-order valence-electron chi connectivity index (χ2n) is 4.19. The van der Waals surface area contributed by atoms with Gasteiger partial charge in [-0.15, -0.1) is 5.10 Å². The van der Waals surface area contributed by atoms with Crippen molar-refractivity contribution in [2.45, 2.75) is 19.5 Å². The number of hydrogen-bond donors (Lipinski definition) is 2. The summed E-state index contributed by atoms with van der Waals surface area (Å²) in [6.07, 6.45) is 1.67. The van der Waals surface area contributed by atoms with E-state index in [-0.39, 0.29) is 18.5 Å². The van der Waals surface area contributed by atoms with Gasteiger partial charge in [-0.05, 0) is 25.1 Å². The number of rotatable bonds is 4. The van der Waals surface area contributed by atoms with Gasteiger partial charge in [-0.1, -0.05) is 27.2 Å². The summed E-state index contributed by atoms with van der Waals surface area (Å²) in [5, 5.41) is 10.5. The molecule has 6 nitrogen and oxygen atoms in total. The maximum atomic E-state index is 11.8. The second-order valence-corrected chi connectivity index (χ2v) is 5.10. The first-order valence-electron chi connectivity index (χ1n) is 5.75. The number of benzene rings is 1. The van der Waals surface area contributed by atoms with E-state index in [9.17, 15) is 4.79 Å². The Bertz CT molecular complexity index is 581. The normalized spacial score (nSPS) is 12.2. The minimum atomic E-state index is -0.193. The molecule has 1 aromatic heterocycles. The third-order valence-corrected chi connectivity index (χ3v) is 2.93. The molecule has 1 unspecified atom stereocenters. The van der Waals surface area contributed by atoms with E-state index in [2.05, 4.69) is 31.6 Å². The fourth-order valence-electron chi connectivity index (χ4n) is 1.51. The van der Waals surface area contributed by atoms with Crippen molar-refractivity contribution < 1.29 is 4.79 Å². The lowest BCUT2D eigenvalue weighted by atomic mass is 10.3. The van der Waals surface area contributed by atoms with Gasteiger partial charge in [-0.25, -0.2) is 4.68 Å². The van der Waals surface area contributed by atoms with Crippen LogP contribution in [0.3, 0.4) is 0 Å². The summed E-state index contributed by atoms with van der Waals surface area (Å²) in [6.45, 7) is 1.92. The SMILES string of the molecule is CC(N)c1cn(CC(=O)Nc2cccc(Br)c2)nn1. The van der Waals surface area contributed by atoms with E-state index in [1.807, 2.05) is 31.2 Å². The molecule has 3 N–H and O–H groups in total. The van der Waals surface area contributed by atoms with Gasteiger partial charge in [0, 0.05) is 16.2 Å². The molecule has 0 aliphatic heterocycles. The molecular formula is C12H14BrN5O. The van der Waals surface area contributed by atoms with Crippen LogP contribution in [0.15, 0.2) is 34.9 Å². The first-order valence-corrected chi connectivity index (χ1v) is 6.55. The smallest absolute Gasteiger partial charge is 0.246 e. The molecule has 1 amide bonds. The second kappa shape index (κ2) is 5.94. The van der Waals surface area contributed by atoms with Crippen LogP contribution >= 0.6 is 15.9 Å². The van der Waals surface area contributed by atoms with Crippen LogP contribution in [0.2, 0.25) is 0 Å². The van der Waals surface area contributed by atoms with Gasteiger partial charge in [0.05, 0.1) is 11.9 Å². The molecule has 0 aliphatic carbocycles. The molecule has 19 heavy (non-hydrogen) atoms. The molecule has 0 spiro atoms. The van der Waals surface area contributed by atoms with Crippen molar-refractivity contribution in [2.24, 2.45) is 5.73 Å². The molecule has 1 atom stereocenters. The number of carbonyl (C=O) groups excluding carboxylic acids is 1. The van der Waals surface area contributed by atoms with Crippen molar-refractivity contribution in [2.75, 3.05) is 5.32 Å². The quantitative estimate of drug-likeness (QED) is 0.896. The van der Waals surface area contributed by atoms with Gasteiger partial charge in [0.15, 0.2) is 0 Å². The molecule has 2 rings (SSSR count). The van der Waals surface area contributed by atoms with E-state index in [0.29, 0.717) is 5.69 Å². The molecule has 0 fully saturated rings. The van der Waals surface area contributed by atoms with Crippen molar-refractivity contribution >= 4 is 27.5 Å². The predicted molar refractivity (Wildman–Crippen MR) is 75.4 cm³/mol. The van der Waals surface area contributed by atoms with E-state index in [4.69, 9.17) is 5.73 Å². The molecule has 0 saturated carbocycles. The van der Waals surface area contributed by atoms with E-state index in [1.165, 1.54) is 4.68 Å². The van der Waals surface area contributed by atoms with E-state index >= 15 is 0 Å². The molecule has 0 radical (unpaired) electrons. The Morgan fingerprint density at radius 2 is 2.37 bits per heavy atom. The van der Waals surface area contributed by atoms with Gasteiger partial charge >= 0.3 is 0 Å². The third-order valence-electron chi connectivity index (χ3n) is 2.44. The molecule has 1 aromatic carbocycles. The van der Waals surface area contributed by atoms with Crippen molar-refractivity contribution in [3.05, 3.63) is 40.6 Å². The van der Waals surface area contributed by atoms with Gasteiger partial charge in [-0.2, -0.15) is 0 Å². The minimum absolute atomic E-state index is 0.103. The number of amides is 1. The summed E-state index contributed by atoms with van der Waals surface area (Å²) in [5.74, 6) is -0.167. The number of carbonyl (C=O) groups is 1. The Kier molecular flexibility index (Phi) is 4.28. The van der Waals surface area contributed by atoms with E-state index in [1.54, 1.807) is 6.20 Å².